The molecule has 2 aliphatic rings. The van der Waals surface area contributed by atoms with Crippen LogP contribution >= 0.6 is 0 Å². The molecule has 0 saturated carbocycles. The average molecular weight is 328 g/mol. The Balaban J connectivity index is 1.33. The molecule has 1 spiro atoms. The molecule has 2 aliphatic heterocycles. The fraction of sp³-hybridized carbons (Fsp3) is 0.556. The van der Waals surface area contributed by atoms with Crippen LogP contribution in [0.3, 0.4) is 0 Å². The number of furan rings is 1. The number of rotatable bonds is 4. The molecular formula is C18H24N4O2. The van der Waals surface area contributed by atoms with Gasteiger partial charge in [0.05, 0.1) is 25.0 Å². The van der Waals surface area contributed by atoms with Crippen LogP contribution in [0.15, 0.2) is 41.3 Å². The predicted octanol–water partition coefficient (Wildman–Crippen LogP) is 2.33. The van der Waals surface area contributed by atoms with Crippen LogP contribution in [0.25, 0.3) is 0 Å². The van der Waals surface area contributed by atoms with Crippen LogP contribution in [0.5, 0.6) is 0 Å². The molecule has 6 heteroatoms. The van der Waals surface area contributed by atoms with Gasteiger partial charge in [0.1, 0.15) is 5.76 Å². The Morgan fingerprint density at radius 1 is 1.25 bits per heavy atom. The van der Waals surface area contributed by atoms with Crippen molar-refractivity contribution in [2.24, 2.45) is 0 Å². The zero-order valence-electron chi connectivity index (χ0n) is 14.1. The first-order chi connectivity index (χ1) is 11.7. The average Bonchev–Trinajstić information content (AvgIpc) is 3.27. The van der Waals surface area contributed by atoms with Gasteiger partial charge in [-0.05, 0) is 44.5 Å². The van der Waals surface area contributed by atoms with Crippen molar-refractivity contribution in [2.45, 2.75) is 37.5 Å². The van der Waals surface area contributed by atoms with E-state index in [0.29, 0.717) is 6.04 Å². The van der Waals surface area contributed by atoms with Crippen LogP contribution in [-0.4, -0.2) is 53.3 Å². The van der Waals surface area contributed by atoms with Gasteiger partial charge in [-0.15, -0.1) is 0 Å². The molecule has 2 aromatic heterocycles. The molecule has 4 heterocycles. The first kappa shape index (κ1) is 15.6. The summed E-state index contributed by atoms with van der Waals surface area (Å²) in [4.78, 5) is 13.3. The fourth-order valence-electron chi connectivity index (χ4n) is 3.80. The molecule has 2 saturated heterocycles. The summed E-state index contributed by atoms with van der Waals surface area (Å²) in [6.07, 6.45) is 8.51. The minimum absolute atomic E-state index is 0.0212. The molecule has 128 valence electrons. The molecule has 2 fully saturated rings. The molecule has 2 aromatic rings. The molecule has 0 N–H and O–H groups in total. The van der Waals surface area contributed by atoms with Crippen molar-refractivity contribution >= 4 is 5.95 Å². The van der Waals surface area contributed by atoms with Gasteiger partial charge in [-0.1, -0.05) is 0 Å². The smallest absolute Gasteiger partial charge is 0.225 e. The van der Waals surface area contributed by atoms with Gasteiger partial charge in [0.25, 0.3) is 0 Å². The minimum Gasteiger partial charge on any atom is -0.468 e. The van der Waals surface area contributed by atoms with Gasteiger partial charge in [0.2, 0.25) is 5.95 Å². The summed E-state index contributed by atoms with van der Waals surface area (Å²) in [5.41, 5.74) is 0.0212. The highest BCUT2D eigenvalue weighted by molar-refractivity contribution is 5.29. The fourth-order valence-corrected chi connectivity index (χ4v) is 3.80. The van der Waals surface area contributed by atoms with Crippen molar-refractivity contribution in [3.8, 4) is 0 Å². The number of hydrogen-bond acceptors (Lipinski definition) is 6. The third-order valence-corrected chi connectivity index (χ3v) is 5.31. The van der Waals surface area contributed by atoms with Gasteiger partial charge in [-0.3, -0.25) is 4.90 Å². The Bertz CT molecular complexity index is 638. The topological polar surface area (TPSA) is 54.6 Å². The summed E-state index contributed by atoms with van der Waals surface area (Å²) in [7, 11) is 2.16. The number of anilines is 1. The van der Waals surface area contributed by atoms with Crippen molar-refractivity contribution in [2.75, 3.05) is 31.6 Å². The zero-order chi connectivity index (χ0) is 16.4. The van der Waals surface area contributed by atoms with Crippen LogP contribution in [0.1, 0.15) is 25.0 Å². The van der Waals surface area contributed by atoms with E-state index in [1.807, 2.05) is 18.2 Å². The number of ether oxygens (including phenoxy) is 1. The Morgan fingerprint density at radius 2 is 2.04 bits per heavy atom. The SMILES string of the molecule is CN(Cc1ccco1)C1COC2(CCN(c3ncccn3)CC2)C1. The van der Waals surface area contributed by atoms with Crippen molar-refractivity contribution < 1.29 is 9.15 Å². The third kappa shape index (κ3) is 3.16. The van der Waals surface area contributed by atoms with E-state index in [1.54, 1.807) is 18.7 Å². The standard InChI is InChI=1S/C18H24N4O2/c1-21(13-16-4-2-11-23-16)15-12-18(24-14-15)5-9-22(10-6-18)17-19-7-3-8-20-17/h2-4,7-8,11,15H,5-6,9-10,12-14H2,1H3. The van der Waals surface area contributed by atoms with Crippen molar-refractivity contribution in [1.82, 2.24) is 14.9 Å². The van der Waals surface area contributed by atoms with Crippen LogP contribution in [-0.2, 0) is 11.3 Å². The molecular weight excluding hydrogens is 304 g/mol. The lowest BCUT2D eigenvalue weighted by molar-refractivity contribution is -0.0159. The summed E-state index contributed by atoms with van der Waals surface area (Å²) in [6.45, 7) is 3.55. The lowest BCUT2D eigenvalue weighted by Gasteiger charge is -2.38. The van der Waals surface area contributed by atoms with Crippen LogP contribution in [0.4, 0.5) is 5.95 Å². The number of nitrogens with zero attached hydrogens (tertiary/aromatic N) is 4. The maximum absolute atomic E-state index is 6.28. The summed E-state index contributed by atoms with van der Waals surface area (Å²) < 4.78 is 11.7. The maximum Gasteiger partial charge on any atom is 0.225 e. The van der Waals surface area contributed by atoms with E-state index in [4.69, 9.17) is 9.15 Å². The van der Waals surface area contributed by atoms with Gasteiger partial charge in [-0.2, -0.15) is 0 Å². The second-order valence-electron chi connectivity index (χ2n) is 6.88. The minimum atomic E-state index is 0.0212. The van der Waals surface area contributed by atoms with E-state index < -0.39 is 0 Å². The lowest BCUT2D eigenvalue weighted by Crippen LogP contribution is -2.45. The van der Waals surface area contributed by atoms with Gasteiger partial charge < -0.3 is 14.1 Å². The highest BCUT2D eigenvalue weighted by atomic mass is 16.5. The molecule has 0 aliphatic carbocycles. The molecule has 0 amide bonds. The molecule has 24 heavy (non-hydrogen) atoms. The Labute approximate surface area is 142 Å². The van der Waals surface area contributed by atoms with E-state index in [2.05, 4.69) is 26.8 Å². The molecule has 4 rings (SSSR count). The molecule has 1 atom stereocenters. The largest absolute Gasteiger partial charge is 0.468 e. The van der Waals surface area contributed by atoms with E-state index in [9.17, 15) is 0 Å². The van der Waals surface area contributed by atoms with Crippen LogP contribution in [0.2, 0.25) is 0 Å². The van der Waals surface area contributed by atoms with Gasteiger partial charge in [-0.25, -0.2) is 9.97 Å². The first-order valence-electron chi connectivity index (χ1n) is 8.63. The Morgan fingerprint density at radius 3 is 2.75 bits per heavy atom. The van der Waals surface area contributed by atoms with Crippen molar-refractivity contribution in [3.63, 3.8) is 0 Å². The summed E-state index contributed by atoms with van der Waals surface area (Å²) in [6, 6.07) is 6.28. The normalized spacial score (nSPS) is 23.2. The summed E-state index contributed by atoms with van der Waals surface area (Å²) in [5.74, 6) is 1.84. The first-order valence-corrected chi connectivity index (χ1v) is 8.63. The molecule has 1 unspecified atom stereocenters. The quantitative estimate of drug-likeness (QED) is 0.859. The molecule has 6 nitrogen and oxygen atoms in total. The third-order valence-electron chi connectivity index (χ3n) is 5.31. The van der Waals surface area contributed by atoms with E-state index >= 15 is 0 Å². The van der Waals surface area contributed by atoms with Gasteiger partial charge in [0, 0.05) is 31.5 Å². The molecule has 0 aromatic carbocycles. The Kier molecular flexibility index (Phi) is 4.24. The summed E-state index contributed by atoms with van der Waals surface area (Å²) >= 11 is 0. The maximum atomic E-state index is 6.28. The van der Waals surface area contributed by atoms with E-state index in [-0.39, 0.29) is 5.60 Å². The van der Waals surface area contributed by atoms with Crippen LogP contribution < -0.4 is 4.90 Å². The monoisotopic (exact) mass is 328 g/mol. The van der Waals surface area contributed by atoms with Gasteiger partial charge >= 0.3 is 0 Å². The highest BCUT2D eigenvalue weighted by Gasteiger charge is 2.44. The zero-order valence-corrected chi connectivity index (χ0v) is 14.1. The predicted molar refractivity (Wildman–Crippen MR) is 90.7 cm³/mol. The van der Waals surface area contributed by atoms with E-state index in [1.165, 1.54) is 0 Å². The number of piperidine rings is 1. The van der Waals surface area contributed by atoms with Crippen molar-refractivity contribution in [3.05, 3.63) is 42.6 Å². The molecule has 0 bridgehead atoms. The van der Waals surface area contributed by atoms with E-state index in [0.717, 1.165) is 57.2 Å². The lowest BCUT2D eigenvalue weighted by atomic mass is 9.87. The summed E-state index contributed by atoms with van der Waals surface area (Å²) in [5, 5.41) is 0. The second kappa shape index (κ2) is 6.53. The molecule has 0 radical (unpaired) electrons. The number of hydrogen-bond donors (Lipinski definition) is 0. The van der Waals surface area contributed by atoms with Crippen molar-refractivity contribution in [1.29, 1.82) is 0 Å². The number of likely N-dealkylation sites (N-methyl/N-ethyl adjacent to an activating group) is 1. The second-order valence-corrected chi connectivity index (χ2v) is 6.88. The van der Waals surface area contributed by atoms with Crippen LogP contribution in [0, 0.1) is 0 Å². The number of aromatic nitrogens is 2. The highest BCUT2D eigenvalue weighted by Crippen LogP contribution is 2.38. The Hall–Kier alpha value is -1.92. The van der Waals surface area contributed by atoms with Gasteiger partial charge in [0.15, 0.2) is 0 Å².